The second-order valence-corrected chi connectivity index (χ2v) is 8.05. The zero-order valence-electron chi connectivity index (χ0n) is 15.9. The largest absolute Gasteiger partial charge is 0.416 e. The van der Waals surface area contributed by atoms with Crippen molar-refractivity contribution in [3.63, 3.8) is 0 Å². The molecule has 28 heavy (non-hydrogen) atoms. The van der Waals surface area contributed by atoms with Crippen LogP contribution >= 0.6 is 0 Å². The van der Waals surface area contributed by atoms with Gasteiger partial charge in [0.05, 0.1) is 5.56 Å². The Balaban J connectivity index is 1.43. The Kier molecular flexibility index (Phi) is 5.74. The Hall–Kier alpha value is -1.85. The smallest absolute Gasteiger partial charge is 0.317 e. The molecule has 1 aliphatic heterocycles. The van der Waals surface area contributed by atoms with E-state index in [4.69, 9.17) is 0 Å². The molecule has 2 fully saturated rings. The maximum Gasteiger partial charge on any atom is 0.416 e. The van der Waals surface area contributed by atoms with Crippen LogP contribution in [-0.4, -0.2) is 25.7 Å². The molecule has 2 nitrogen and oxygen atoms in total. The monoisotopic (exact) mass is 388 g/mol. The number of alkyl halides is 3. The minimum atomic E-state index is -4.33. The number of halogens is 3. The lowest BCUT2D eigenvalue weighted by Gasteiger charge is -2.22. The summed E-state index contributed by atoms with van der Waals surface area (Å²) in [5.74, 6) is 0.705. The Morgan fingerprint density at radius 1 is 0.964 bits per heavy atom. The molecule has 0 spiro atoms. The Morgan fingerprint density at radius 3 is 2.43 bits per heavy atom. The number of piperidine rings is 1. The Labute approximate surface area is 164 Å². The SMILES string of the molecule is FC(F)(F)c1cc(-c2ccccc2)ccc1[C@H]1C[C@@H]1NCCC1CCNCC1. The lowest BCUT2D eigenvalue weighted by atomic mass is 9.94. The van der Waals surface area contributed by atoms with Crippen molar-refractivity contribution in [2.24, 2.45) is 5.92 Å². The third-order valence-electron chi connectivity index (χ3n) is 6.07. The van der Waals surface area contributed by atoms with Crippen molar-refractivity contribution in [2.75, 3.05) is 19.6 Å². The van der Waals surface area contributed by atoms with Crippen molar-refractivity contribution >= 4 is 0 Å². The molecule has 150 valence electrons. The maximum atomic E-state index is 13.7. The van der Waals surface area contributed by atoms with Crippen molar-refractivity contribution in [3.05, 3.63) is 59.7 Å². The van der Waals surface area contributed by atoms with Crippen LogP contribution in [0.3, 0.4) is 0 Å². The average Bonchev–Trinajstić information content (AvgIpc) is 3.48. The van der Waals surface area contributed by atoms with Crippen molar-refractivity contribution in [2.45, 2.75) is 43.8 Å². The van der Waals surface area contributed by atoms with Gasteiger partial charge in [0.2, 0.25) is 0 Å². The fourth-order valence-electron chi connectivity index (χ4n) is 4.34. The molecule has 1 heterocycles. The summed E-state index contributed by atoms with van der Waals surface area (Å²) in [4.78, 5) is 0. The molecule has 0 bridgehead atoms. The van der Waals surface area contributed by atoms with Crippen LogP contribution in [0.25, 0.3) is 11.1 Å². The number of hydrogen-bond acceptors (Lipinski definition) is 2. The fraction of sp³-hybridized carbons (Fsp3) is 0.478. The number of nitrogens with one attached hydrogen (secondary N) is 2. The molecule has 1 saturated heterocycles. The molecule has 5 heteroatoms. The number of rotatable bonds is 6. The second-order valence-electron chi connectivity index (χ2n) is 8.05. The van der Waals surface area contributed by atoms with Gasteiger partial charge in [0.1, 0.15) is 0 Å². The number of benzene rings is 2. The fourth-order valence-corrected chi connectivity index (χ4v) is 4.34. The highest BCUT2D eigenvalue weighted by molar-refractivity contribution is 5.65. The first kappa shape index (κ1) is 19.5. The van der Waals surface area contributed by atoms with Gasteiger partial charge in [-0.1, -0.05) is 42.5 Å². The highest BCUT2D eigenvalue weighted by Gasteiger charge is 2.44. The first-order chi connectivity index (χ1) is 13.5. The molecule has 2 aromatic carbocycles. The van der Waals surface area contributed by atoms with Gasteiger partial charge in [-0.25, -0.2) is 0 Å². The molecular formula is C23H27F3N2. The van der Waals surface area contributed by atoms with Gasteiger partial charge in [0, 0.05) is 12.0 Å². The van der Waals surface area contributed by atoms with Gasteiger partial charge in [-0.2, -0.15) is 13.2 Å². The summed E-state index contributed by atoms with van der Waals surface area (Å²) in [5.41, 5.74) is 1.38. The molecule has 0 unspecified atom stereocenters. The van der Waals surface area contributed by atoms with Crippen LogP contribution in [-0.2, 0) is 6.18 Å². The van der Waals surface area contributed by atoms with Crippen LogP contribution in [0.5, 0.6) is 0 Å². The highest BCUT2D eigenvalue weighted by Crippen LogP contribution is 2.47. The second kappa shape index (κ2) is 8.26. The van der Waals surface area contributed by atoms with Gasteiger partial charge >= 0.3 is 6.18 Å². The molecule has 2 aliphatic rings. The van der Waals surface area contributed by atoms with E-state index < -0.39 is 11.7 Å². The van der Waals surface area contributed by atoms with Crippen LogP contribution in [0.4, 0.5) is 13.2 Å². The standard InChI is InChI=1S/C23H27F3N2/c24-23(25,26)21-14-18(17-4-2-1-3-5-17)6-7-19(21)20-15-22(20)28-13-10-16-8-11-27-12-9-16/h1-7,14,16,20,22,27-28H,8-13,15H2/t20-,22+/m1/s1. The van der Waals surface area contributed by atoms with Crippen molar-refractivity contribution in [3.8, 4) is 11.1 Å². The van der Waals surface area contributed by atoms with Crippen LogP contribution in [0.15, 0.2) is 48.5 Å². The minimum absolute atomic E-state index is 0.0329. The van der Waals surface area contributed by atoms with E-state index in [1.54, 1.807) is 6.07 Å². The summed E-state index contributed by atoms with van der Waals surface area (Å²) in [6.45, 7) is 3.06. The summed E-state index contributed by atoms with van der Waals surface area (Å²) >= 11 is 0. The molecule has 0 radical (unpaired) electrons. The predicted molar refractivity (Wildman–Crippen MR) is 106 cm³/mol. The van der Waals surface area contributed by atoms with Crippen LogP contribution < -0.4 is 10.6 Å². The summed E-state index contributed by atoms with van der Waals surface area (Å²) in [6.07, 6.45) is -0.0176. The first-order valence-electron chi connectivity index (χ1n) is 10.2. The maximum absolute atomic E-state index is 13.7. The van der Waals surface area contributed by atoms with E-state index in [2.05, 4.69) is 10.6 Å². The highest BCUT2D eigenvalue weighted by atomic mass is 19.4. The molecule has 2 N–H and O–H groups in total. The summed E-state index contributed by atoms with van der Waals surface area (Å²) in [5, 5.41) is 6.85. The minimum Gasteiger partial charge on any atom is -0.317 e. The van der Waals surface area contributed by atoms with Gasteiger partial charge in [0.25, 0.3) is 0 Å². The lowest BCUT2D eigenvalue weighted by Crippen LogP contribution is -2.30. The molecule has 0 aromatic heterocycles. The Morgan fingerprint density at radius 2 is 1.71 bits per heavy atom. The van der Waals surface area contributed by atoms with Gasteiger partial charge in [0.15, 0.2) is 0 Å². The molecular weight excluding hydrogens is 361 g/mol. The lowest BCUT2D eigenvalue weighted by molar-refractivity contribution is -0.138. The van der Waals surface area contributed by atoms with Crippen molar-refractivity contribution < 1.29 is 13.2 Å². The van der Waals surface area contributed by atoms with E-state index in [1.165, 1.54) is 18.9 Å². The predicted octanol–water partition coefficient (Wildman–Crippen LogP) is 5.21. The first-order valence-corrected chi connectivity index (χ1v) is 10.2. The number of hydrogen-bond donors (Lipinski definition) is 2. The third kappa shape index (κ3) is 4.58. The molecule has 1 aliphatic carbocycles. The van der Waals surface area contributed by atoms with Gasteiger partial charge in [-0.3, -0.25) is 0 Å². The van der Waals surface area contributed by atoms with Gasteiger partial charge in [-0.05, 0) is 74.0 Å². The molecule has 2 aromatic rings. The van der Waals surface area contributed by atoms with Crippen molar-refractivity contribution in [1.82, 2.24) is 10.6 Å². The summed E-state index contributed by atoms with van der Waals surface area (Å²) in [6, 6.07) is 14.2. The van der Waals surface area contributed by atoms with E-state index in [1.807, 2.05) is 36.4 Å². The molecule has 0 amide bonds. The zero-order valence-corrected chi connectivity index (χ0v) is 15.9. The third-order valence-corrected chi connectivity index (χ3v) is 6.07. The zero-order chi connectivity index (χ0) is 19.6. The molecule has 4 rings (SSSR count). The van der Waals surface area contributed by atoms with Crippen LogP contribution in [0.2, 0.25) is 0 Å². The van der Waals surface area contributed by atoms with E-state index >= 15 is 0 Å². The van der Waals surface area contributed by atoms with Crippen LogP contribution in [0, 0.1) is 5.92 Å². The Bertz CT molecular complexity index is 782. The normalized spacial score (nSPS) is 23.0. The van der Waals surface area contributed by atoms with Crippen molar-refractivity contribution in [1.29, 1.82) is 0 Å². The quantitative estimate of drug-likeness (QED) is 0.710. The van der Waals surface area contributed by atoms with Crippen LogP contribution in [0.1, 0.15) is 42.7 Å². The average molecular weight is 388 g/mol. The topological polar surface area (TPSA) is 24.1 Å². The molecule has 2 atom stereocenters. The van der Waals surface area contributed by atoms with Gasteiger partial charge < -0.3 is 10.6 Å². The molecule has 1 saturated carbocycles. The van der Waals surface area contributed by atoms with E-state index in [9.17, 15) is 13.2 Å². The van der Waals surface area contributed by atoms with E-state index in [0.717, 1.165) is 44.0 Å². The van der Waals surface area contributed by atoms with E-state index in [0.29, 0.717) is 11.1 Å². The van der Waals surface area contributed by atoms with Gasteiger partial charge in [-0.15, -0.1) is 0 Å². The summed E-state index contributed by atoms with van der Waals surface area (Å²) < 4.78 is 41.2. The van der Waals surface area contributed by atoms with E-state index in [-0.39, 0.29) is 12.0 Å². The summed E-state index contributed by atoms with van der Waals surface area (Å²) in [7, 11) is 0.